The van der Waals surface area contributed by atoms with Gasteiger partial charge in [0.1, 0.15) is 10.7 Å². The van der Waals surface area contributed by atoms with Crippen LogP contribution in [0.4, 0.5) is 10.7 Å². The maximum atomic E-state index is 13.6. The van der Waals surface area contributed by atoms with E-state index >= 15 is 0 Å². The van der Waals surface area contributed by atoms with Crippen molar-refractivity contribution in [3.8, 4) is 11.5 Å². The second-order valence-electron chi connectivity index (χ2n) is 11.1. The van der Waals surface area contributed by atoms with Crippen LogP contribution in [0, 0.1) is 0 Å². The molecule has 0 spiro atoms. The first-order valence-electron chi connectivity index (χ1n) is 15.6. The van der Waals surface area contributed by atoms with E-state index in [1.54, 1.807) is 79.7 Å². The molecule has 49 heavy (non-hydrogen) atoms. The molecule has 1 aromatic heterocycles. The van der Waals surface area contributed by atoms with Gasteiger partial charge in [-0.1, -0.05) is 30.3 Å². The minimum absolute atomic E-state index is 0.00642. The van der Waals surface area contributed by atoms with E-state index in [4.69, 9.17) is 14.2 Å². The molecule has 254 valence electrons. The molecule has 0 saturated carbocycles. The van der Waals surface area contributed by atoms with Gasteiger partial charge in [0.25, 0.3) is 11.8 Å². The lowest BCUT2D eigenvalue weighted by molar-refractivity contribution is -0.115. The third-order valence-corrected chi connectivity index (χ3v) is 10.1. The SMILES string of the molecule is COC(=O)c1c(NC(=O)C(C)Sc2cccc(NC(=O)/C(=C\c3ccc(OC)c(OC)c3)NC(=O)c3ccccc3)c2)sc2c1CCCC2. The van der Waals surface area contributed by atoms with Crippen molar-refractivity contribution in [2.45, 2.75) is 42.8 Å². The summed E-state index contributed by atoms with van der Waals surface area (Å²) in [6.07, 6.45) is 5.26. The fourth-order valence-corrected chi connectivity index (χ4v) is 7.55. The Hall–Kier alpha value is -5.07. The highest BCUT2D eigenvalue weighted by Crippen LogP contribution is 2.39. The Bertz CT molecular complexity index is 1890. The highest BCUT2D eigenvalue weighted by atomic mass is 32.2. The number of amides is 3. The van der Waals surface area contributed by atoms with Gasteiger partial charge in [-0.05, 0) is 92.3 Å². The number of methoxy groups -OCH3 is 3. The van der Waals surface area contributed by atoms with E-state index in [9.17, 15) is 19.2 Å². The molecule has 3 N–H and O–H groups in total. The number of aryl methyl sites for hydroxylation is 1. The Labute approximate surface area is 293 Å². The maximum Gasteiger partial charge on any atom is 0.341 e. The minimum Gasteiger partial charge on any atom is -0.493 e. The third-order valence-electron chi connectivity index (χ3n) is 7.82. The van der Waals surface area contributed by atoms with Crippen LogP contribution < -0.4 is 25.4 Å². The first-order chi connectivity index (χ1) is 23.7. The molecule has 1 heterocycles. The minimum atomic E-state index is -0.552. The third kappa shape index (κ3) is 8.70. The summed E-state index contributed by atoms with van der Waals surface area (Å²) < 4.78 is 15.8. The summed E-state index contributed by atoms with van der Waals surface area (Å²) in [4.78, 5) is 54.5. The van der Waals surface area contributed by atoms with Crippen LogP contribution in [0.25, 0.3) is 6.08 Å². The zero-order valence-corrected chi connectivity index (χ0v) is 29.2. The summed E-state index contributed by atoms with van der Waals surface area (Å²) in [7, 11) is 4.39. The molecule has 3 aromatic carbocycles. The average Bonchev–Trinajstić information content (AvgIpc) is 3.49. The molecular weight excluding hydrogens is 663 g/mol. The van der Waals surface area contributed by atoms with Crippen molar-refractivity contribution >= 4 is 63.6 Å². The number of esters is 1. The fourth-order valence-electron chi connectivity index (χ4n) is 5.34. The highest BCUT2D eigenvalue weighted by molar-refractivity contribution is 8.00. The second-order valence-corrected chi connectivity index (χ2v) is 13.6. The molecule has 0 bridgehead atoms. The Morgan fingerprint density at radius 3 is 2.35 bits per heavy atom. The van der Waals surface area contributed by atoms with E-state index in [0.29, 0.717) is 38.9 Å². The van der Waals surface area contributed by atoms with Gasteiger partial charge >= 0.3 is 5.97 Å². The van der Waals surface area contributed by atoms with E-state index in [1.165, 1.54) is 44.4 Å². The number of thioether (sulfide) groups is 1. The fraction of sp³-hybridized carbons (Fsp3) is 0.243. The van der Waals surface area contributed by atoms with Crippen molar-refractivity contribution < 1.29 is 33.4 Å². The Balaban J connectivity index is 1.32. The summed E-state index contributed by atoms with van der Waals surface area (Å²) in [6, 6.07) is 20.8. The van der Waals surface area contributed by atoms with Gasteiger partial charge in [-0.25, -0.2) is 4.79 Å². The van der Waals surface area contributed by atoms with Crippen molar-refractivity contribution in [1.82, 2.24) is 5.32 Å². The molecule has 1 aliphatic carbocycles. The molecule has 10 nitrogen and oxygen atoms in total. The van der Waals surface area contributed by atoms with Crippen LogP contribution in [0.2, 0.25) is 0 Å². The van der Waals surface area contributed by atoms with Crippen LogP contribution in [0.1, 0.15) is 56.5 Å². The molecule has 1 aliphatic rings. The van der Waals surface area contributed by atoms with Crippen LogP contribution >= 0.6 is 23.1 Å². The van der Waals surface area contributed by atoms with Crippen LogP contribution in [0.15, 0.2) is 83.4 Å². The number of benzene rings is 3. The number of ether oxygens (including phenoxy) is 3. The number of thiophene rings is 1. The molecule has 1 atom stereocenters. The van der Waals surface area contributed by atoms with Crippen molar-refractivity contribution in [3.63, 3.8) is 0 Å². The number of hydrogen-bond acceptors (Lipinski definition) is 9. The van der Waals surface area contributed by atoms with Crippen LogP contribution in [0.3, 0.4) is 0 Å². The van der Waals surface area contributed by atoms with Gasteiger partial charge in [-0.15, -0.1) is 23.1 Å². The number of carbonyl (C=O) groups excluding carboxylic acids is 4. The Kier molecular flexibility index (Phi) is 11.8. The molecule has 0 aliphatic heterocycles. The predicted molar refractivity (Wildman–Crippen MR) is 193 cm³/mol. The smallest absolute Gasteiger partial charge is 0.341 e. The van der Waals surface area contributed by atoms with Gasteiger partial charge < -0.3 is 30.2 Å². The summed E-state index contributed by atoms with van der Waals surface area (Å²) in [5.41, 5.74) is 2.89. The van der Waals surface area contributed by atoms with Gasteiger partial charge in [0.2, 0.25) is 5.91 Å². The molecule has 3 amide bonds. The summed E-state index contributed by atoms with van der Waals surface area (Å²) in [5, 5.41) is 8.55. The number of carbonyl (C=O) groups is 4. The highest BCUT2D eigenvalue weighted by Gasteiger charge is 2.28. The monoisotopic (exact) mass is 699 g/mol. The Morgan fingerprint density at radius 1 is 0.857 bits per heavy atom. The molecule has 0 radical (unpaired) electrons. The first-order valence-corrected chi connectivity index (χ1v) is 17.3. The van der Waals surface area contributed by atoms with Crippen LogP contribution in [-0.2, 0) is 27.2 Å². The normalized spacial score (nSPS) is 13.0. The van der Waals surface area contributed by atoms with Gasteiger partial charge in [-0.2, -0.15) is 0 Å². The number of hydrogen-bond donors (Lipinski definition) is 3. The predicted octanol–water partition coefficient (Wildman–Crippen LogP) is 6.96. The number of nitrogens with one attached hydrogen (secondary N) is 3. The first kappa shape index (κ1) is 35.2. The Morgan fingerprint density at radius 2 is 1.61 bits per heavy atom. The molecule has 12 heteroatoms. The van der Waals surface area contributed by atoms with Crippen molar-refractivity contribution in [1.29, 1.82) is 0 Å². The second kappa shape index (κ2) is 16.4. The summed E-state index contributed by atoms with van der Waals surface area (Å²) >= 11 is 2.75. The van der Waals surface area contributed by atoms with Gasteiger partial charge in [-0.3, -0.25) is 14.4 Å². The van der Waals surface area contributed by atoms with Gasteiger partial charge in [0, 0.05) is 21.0 Å². The summed E-state index contributed by atoms with van der Waals surface area (Å²) in [6.45, 7) is 1.78. The lowest BCUT2D eigenvalue weighted by Gasteiger charge is -2.15. The van der Waals surface area contributed by atoms with E-state index in [-0.39, 0.29) is 11.6 Å². The molecular formula is C37H37N3O7S2. The topological polar surface area (TPSA) is 132 Å². The van der Waals surface area contributed by atoms with E-state index in [2.05, 4.69) is 16.0 Å². The zero-order chi connectivity index (χ0) is 34.9. The lowest BCUT2D eigenvalue weighted by Crippen LogP contribution is -2.30. The summed E-state index contributed by atoms with van der Waals surface area (Å²) in [5.74, 6) is -0.717. The molecule has 0 saturated heterocycles. The van der Waals surface area contributed by atoms with Crippen molar-refractivity contribution in [3.05, 3.63) is 106 Å². The van der Waals surface area contributed by atoms with Gasteiger partial charge in [0.15, 0.2) is 11.5 Å². The van der Waals surface area contributed by atoms with Crippen molar-refractivity contribution in [2.24, 2.45) is 0 Å². The average molecular weight is 700 g/mol. The lowest BCUT2D eigenvalue weighted by atomic mass is 9.95. The van der Waals surface area contributed by atoms with E-state index < -0.39 is 23.0 Å². The van der Waals surface area contributed by atoms with E-state index in [1.807, 2.05) is 6.07 Å². The van der Waals surface area contributed by atoms with Gasteiger partial charge in [0.05, 0.1) is 32.1 Å². The van der Waals surface area contributed by atoms with Crippen LogP contribution in [0.5, 0.6) is 11.5 Å². The quantitative estimate of drug-likeness (QED) is 0.0822. The van der Waals surface area contributed by atoms with E-state index in [0.717, 1.165) is 41.0 Å². The number of fused-ring (bicyclic) bond motifs is 1. The zero-order valence-electron chi connectivity index (χ0n) is 27.6. The largest absolute Gasteiger partial charge is 0.493 e. The van der Waals surface area contributed by atoms with Crippen molar-refractivity contribution in [2.75, 3.05) is 32.0 Å². The molecule has 1 unspecified atom stereocenters. The molecule has 5 rings (SSSR count). The standard InChI is InChI=1S/C37H37N3O7S2/c1-22(33(41)40-36-32(37(44)47-4)27-15-8-9-16-31(27)49-36)48-26-14-10-13-25(21-26)38-35(43)28(39-34(42)24-11-6-5-7-12-24)19-23-17-18-29(45-2)30(20-23)46-3/h5-7,10-14,17-22H,8-9,15-16H2,1-4H3,(H,38,43)(H,39,42)(H,40,41)/b28-19+. The number of anilines is 2. The van der Waals surface area contributed by atoms with Crippen LogP contribution in [-0.4, -0.2) is 50.3 Å². The maximum absolute atomic E-state index is 13.6. The molecule has 4 aromatic rings. The molecule has 0 fully saturated rings. The number of rotatable bonds is 12.